The van der Waals surface area contributed by atoms with Crippen LogP contribution < -0.4 is 5.32 Å². The molecule has 0 saturated heterocycles. The largest absolute Gasteiger partial charge is 0.341 e. The minimum atomic E-state index is 0.213. The van der Waals surface area contributed by atoms with Gasteiger partial charge in [0.15, 0.2) is 0 Å². The van der Waals surface area contributed by atoms with E-state index in [9.17, 15) is 4.79 Å². The zero-order valence-corrected chi connectivity index (χ0v) is 11.3. The van der Waals surface area contributed by atoms with Crippen molar-refractivity contribution in [3.63, 3.8) is 0 Å². The highest BCUT2D eigenvalue weighted by Gasteiger charge is 2.20. The molecule has 1 saturated carbocycles. The Bertz CT molecular complexity index is 413. The van der Waals surface area contributed by atoms with Crippen LogP contribution in [0.5, 0.6) is 0 Å². The Balaban J connectivity index is 1.75. The van der Waals surface area contributed by atoms with Crippen molar-refractivity contribution in [3.8, 4) is 0 Å². The summed E-state index contributed by atoms with van der Waals surface area (Å²) in [4.78, 5) is 13.7. The topological polar surface area (TPSA) is 32.3 Å². The van der Waals surface area contributed by atoms with Gasteiger partial charge in [-0.2, -0.15) is 0 Å². The first-order valence-corrected chi connectivity index (χ1v) is 6.68. The maximum atomic E-state index is 11.9. The molecular formula is C15H22N2O. The van der Waals surface area contributed by atoms with Crippen molar-refractivity contribution < 1.29 is 4.79 Å². The molecule has 18 heavy (non-hydrogen) atoms. The molecule has 98 valence electrons. The van der Waals surface area contributed by atoms with Gasteiger partial charge in [0, 0.05) is 32.6 Å². The number of hydrogen-bond acceptors (Lipinski definition) is 2. The molecule has 2 rings (SSSR count). The van der Waals surface area contributed by atoms with Gasteiger partial charge >= 0.3 is 0 Å². The van der Waals surface area contributed by atoms with Gasteiger partial charge in [-0.3, -0.25) is 4.79 Å². The Hall–Kier alpha value is -1.35. The lowest BCUT2D eigenvalue weighted by Gasteiger charge is -2.17. The predicted molar refractivity (Wildman–Crippen MR) is 73.3 cm³/mol. The molecule has 1 aliphatic carbocycles. The highest BCUT2D eigenvalue weighted by molar-refractivity contribution is 5.76. The Morgan fingerprint density at radius 1 is 1.44 bits per heavy atom. The van der Waals surface area contributed by atoms with Crippen molar-refractivity contribution in [1.29, 1.82) is 0 Å². The van der Waals surface area contributed by atoms with E-state index in [2.05, 4.69) is 30.4 Å². The van der Waals surface area contributed by atoms with Gasteiger partial charge < -0.3 is 10.2 Å². The molecule has 3 nitrogen and oxygen atoms in total. The van der Waals surface area contributed by atoms with Crippen LogP contribution in [0, 0.1) is 6.92 Å². The van der Waals surface area contributed by atoms with E-state index in [4.69, 9.17) is 0 Å². The fourth-order valence-electron chi connectivity index (χ4n) is 2.03. The average Bonchev–Trinajstić information content (AvgIpc) is 3.13. The summed E-state index contributed by atoms with van der Waals surface area (Å²) in [5.41, 5.74) is 2.43. The lowest BCUT2D eigenvalue weighted by Crippen LogP contribution is -2.30. The van der Waals surface area contributed by atoms with E-state index in [1.54, 1.807) is 0 Å². The lowest BCUT2D eigenvalue weighted by atomic mass is 10.1. The molecule has 0 atom stereocenters. The lowest BCUT2D eigenvalue weighted by molar-refractivity contribution is -0.130. The van der Waals surface area contributed by atoms with Gasteiger partial charge in [-0.15, -0.1) is 0 Å². The summed E-state index contributed by atoms with van der Waals surface area (Å²) in [5, 5.41) is 3.37. The molecule has 1 amide bonds. The molecule has 1 aliphatic rings. The van der Waals surface area contributed by atoms with Crippen LogP contribution in [0.2, 0.25) is 0 Å². The van der Waals surface area contributed by atoms with Crippen molar-refractivity contribution in [2.24, 2.45) is 0 Å². The standard InChI is InChI=1S/C15H22N2O/c1-12-4-3-5-13(10-12)11-17(2)15(18)8-9-16-14-6-7-14/h3-5,10,14,16H,6-9,11H2,1-2H3. The van der Waals surface area contributed by atoms with Crippen molar-refractivity contribution in [2.75, 3.05) is 13.6 Å². The average molecular weight is 246 g/mol. The first-order chi connectivity index (χ1) is 8.65. The van der Waals surface area contributed by atoms with Gasteiger partial charge in [0.25, 0.3) is 0 Å². The molecular weight excluding hydrogens is 224 g/mol. The van der Waals surface area contributed by atoms with Crippen LogP contribution in [-0.2, 0) is 11.3 Å². The van der Waals surface area contributed by atoms with Crippen LogP contribution >= 0.6 is 0 Å². The monoisotopic (exact) mass is 246 g/mol. The highest BCUT2D eigenvalue weighted by atomic mass is 16.2. The molecule has 1 N–H and O–H groups in total. The van der Waals surface area contributed by atoms with E-state index in [0.717, 1.165) is 6.54 Å². The van der Waals surface area contributed by atoms with E-state index >= 15 is 0 Å². The Morgan fingerprint density at radius 3 is 2.89 bits per heavy atom. The van der Waals surface area contributed by atoms with Gasteiger partial charge in [-0.25, -0.2) is 0 Å². The van der Waals surface area contributed by atoms with Crippen LogP contribution in [0.3, 0.4) is 0 Å². The molecule has 1 fully saturated rings. The summed E-state index contributed by atoms with van der Waals surface area (Å²) in [6, 6.07) is 8.99. The Kier molecular flexibility index (Phi) is 4.37. The quantitative estimate of drug-likeness (QED) is 0.833. The summed E-state index contributed by atoms with van der Waals surface area (Å²) in [7, 11) is 1.88. The van der Waals surface area contributed by atoms with Crippen LogP contribution in [0.15, 0.2) is 24.3 Å². The summed E-state index contributed by atoms with van der Waals surface area (Å²) < 4.78 is 0. The normalized spacial score (nSPS) is 14.6. The van der Waals surface area contributed by atoms with E-state index in [1.807, 2.05) is 18.0 Å². The molecule has 0 radical (unpaired) electrons. The molecule has 0 heterocycles. The molecule has 0 bridgehead atoms. The number of carbonyl (C=O) groups is 1. The number of nitrogens with one attached hydrogen (secondary N) is 1. The molecule has 0 aromatic heterocycles. The van der Waals surface area contributed by atoms with Gasteiger partial charge in [0.05, 0.1) is 0 Å². The number of rotatable bonds is 6. The Morgan fingerprint density at radius 2 is 2.22 bits per heavy atom. The highest BCUT2D eigenvalue weighted by Crippen LogP contribution is 2.18. The number of amides is 1. The van der Waals surface area contributed by atoms with Gasteiger partial charge in [0.1, 0.15) is 0 Å². The van der Waals surface area contributed by atoms with E-state index in [-0.39, 0.29) is 5.91 Å². The van der Waals surface area contributed by atoms with Crippen LogP contribution in [0.4, 0.5) is 0 Å². The van der Waals surface area contributed by atoms with Crippen LogP contribution in [0.1, 0.15) is 30.4 Å². The first-order valence-electron chi connectivity index (χ1n) is 6.68. The molecule has 0 spiro atoms. The third-order valence-corrected chi connectivity index (χ3v) is 3.28. The third-order valence-electron chi connectivity index (χ3n) is 3.28. The minimum Gasteiger partial charge on any atom is -0.341 e. The molecule has 0 aliphatic heterocycles. The maximum absolute atomic E-state index is 11.9. The fourth-order valence-corrected chi connectivity index (χ4v) is 2.03. The summed E-state index contributed by atoms with van der Waals surface area (Å²) in [5.74, 6) is 0.213. The second-order valence-corrected chi connectivity index (χ2v) is 5.22. The van der Waals surface area contributed by atoms with Gasteiger partial charge in [-0.1, -0.05) is 29.8 Å². The van der Waals surface area contributed by atoms with Crippen LogP contribution in [0.25, 0.3) is 0 Å². The second-order valence-electron chi connectivity index (χ2n) is 5.22. The zero-order valence-electron chi connectivity index (χ0n) is 11.3. The predicted octanol–water partition coefficient (Wildman–Crippen LogP) is 2.10. The summed E-state index contributed by atoms with van der Waals surface area (Å²) in [6.07, 6.45) is 3.14. The van der Waals surface area contributed by atoms with Gasteiger partial charge in [-0.05, 0) is 25.3 Å². The first kappa shape index (κ1) is 13.1. The molecule has 0 unspecified atom stereocenters. The number of nitrogens with zero attached hydrogens (tertiary/aromatic N) is 1. The minimum absolute atomic E-state index is 0.213. The Labute approximate surface area is 109 Å². The molecule has 1 aromatic carbocycles. The third kappa shape index (κ3) is 4.15. The SMILES string of the molecule is Cc1cccc(CN(C)C(=O)CCNC2CC2)c1. The number of carbonyl (C=O) groups excluding carboxylic acids is 1. The number of benzene rings is 1. The van der Waals surface area contributed by atoms with Crippen molar-refractivity contribution >= 4 is 5.91 Å². The van der Waals surface area contributed by atoms with E-state index in [0.29, 0.717) is 19.0 Å². The second kappa shape index (κ2) is 6.01. The smallest absolute Gasteiger partial charge is 0.223 e. The van der Waals surface area contributed by atoms with E-state index in [1.165, 1.54) is 24.0 Å². The molecule has 3 heteroatoms. The number of aryl methyl sites for hydroxylation is 1. The van der Waals surface area contributed by atoms with Crippen molar-refractivity contribution in [1.82, 2.24) is 10.2 Å². The number of hydrogen-bond donors (Lipinski definition) is 1. The molecule has 1 aromatic rings. The fraction of sp³-hybridized carbons (Fsp3) is 0.533. The van der Waals surface area contributed by atoms with Gasteiger partial charge in [0.2, 0.25) is 5.91 Å². The van der Waals surface area contributed by atoms with Crippen molar-refractivity contribution in [2.45, 2.75) is 38.8 Å². The zero-order chi connectivity index (χ0) is 13.0. The van der Waals surface area contributed by atoms with Crippen LogP contribution in [-0.4, -0.2) is 30.4 Å². The van der Waals surface area contributed by atoms with E-state index < -0.39 is 0 Å². The van der Waals surface area contributed by atoms with Crippen molar-refractivity contribution in [3.05, 3.63) is 35.4 Å². The maximum Gasteiger partial charge on any atom is 0.223 e. The summed E-state index contributed by atoms with van der Waals surface area (Å²) in [6.45, 7) is 3.58. The summed E-state index contributed by atoms with van der Waals surface area (Å²) >= 11 is 0.